The van der Waals surface area contributed by atoms with Crippen LogP contribution in [0.4, 0.5) is 11.6 Å². The van der Waals surface area contributed by atoms with Gasteiger partial charge in [0.05, 0.1) is 45.3 Å². The number of hydrogen-bond donors (Lipinski definition) is 5. The summed E-state index contributed by atoms with van der Waals surface area (Å²) >= 11 is 6.06. The van der Waals surface area contributed by atoms with E-state index in [2.05, 4.69) is 25.9 Å². The van der Waals surface area contributed by atoms with Gasteiger partial charge < -0.3 is 51.2 Å². The first kappa shape index (κ1) is 45.0. The Bertz CT molecular complexity index is 1790. The van der Waals surface area contributed by atoms with Crippen LogP contribution in [0, 0.1) is 0 Å². The number of nitrogen functional groups attached to an aromatic ring is 2. The van der Waals surface area contributed by atoms with Crippen molar-refractivity contribution in [1.82, 2.24) is 35.7 Å². The molecule has 1 atom stereocenters. The van der Waals surface area contributed by atoms with Gasteiger partial charge in [-0.3, -0.25) is 24.0 Å². The van der Waals surface area contributed by atoms with E-state index < -0.39 is 5.91 Å². The third-order valence-corrected chi connectivity index (χ3v) is 10.2. The molecule has 17 nitrogen and oxygen atoms in total. The number of nitrogens with zero attached hydrogens (tertiary/aromatic N) is 5. The van der Waals surface area contributed by atoms with Crippen LogP contribution >= 0.6 is 11.6 Å². The number of ether oxygens (including phenoxy) is 2. The highest BCUT2D eigenvalue weighted by molar-refractivity contribution is 6.31. The predicted octanol–water partition coefficient (Wildman–Crippen LogP) is 1.44. The Hall–Kier alpha value is -5.68. The molecule has 0 spiro atoms. The Kier molecular flexibility index (Phi) is 16.9. The molecule has 0 saturated carbocycles. The zero-order chi connectivity index (χ0) is 42.2. The Morgan fingerprint density at radius 3 is 1.71 bits per heavy atom. The number of amides is 5. The summed E-state index contributed by atoms with van der Waals surface area (Å²) in [5.41, 5.74) is 13.9. The van der Waals surface area contributed by atoms with Gasteiger partial charge in [0.2, 0.25) is 11.8 Å². The van der Waals surface area contributed by atoms with E-state index >= 15 is 0 Å². The lowest BCUT2D eigenvalue weighted by Gasteiger charge is -2.45. The molecule has 4 rings (SSSR count). The van der Waals surface area contributed by atoms with Crippen LogP contribution in [0.3, 0.4) is 0 Å². The lowest BCUT2D eigenvalue weighted by atomic mass is 9.99. The van der Waals surface area contributed by atoms with E-state index in [0.29, 0.717) is 11.5 Å². The number of hydrogen-bond acceptors (Lipinski definition) is 11. The number of nitrogens with two attached hydrogens (primary N) is 2. The van der Waals surface area contributed by atoms with Crippen LogP contribution in [0.5, 0.6) is 11.5 Å². The highest BCUT2D eigenvalue weighted by Crippen LogP contribution is 2.25. The summed E-state index contributed by atoms with van der Waals surface area (Å²) < 4.78 is 12.1. The number of aromatic nitrogens is 2. The number of aryl methyl sites for hydroxylation is 2. The quantitative estimate of drug-likeness (QED) is 0.103. The number of carbonyl (C=O) groups is 5. The zero-order valence-electron chi connectivity index (χ0n) is 33.7. The topological polar surface area (TPSA) is 224 Å². The van der Waals surface area contributed by atoms with Crippen LogP contribution in [0.1, 0.15) is 47.3 Å². The van der Waals surface area contributed by atoms with Gasteiger partial charge in [0.1, 0.15) is 11.5 Å². The number of anilines is 2. The molecule has 1 aliphatic heterocycles. The highest BCUT2D eigenvalue weighted by Gasteiger charge is 2.35. The standard InChI is InChI=1S/C40H55ClN10O7/c1-49(2)34(54)22-44-32(52)25-57-30-15-11-27(12-16-30)8-5-19-51(21-7-10-29(24-51)46-40(56)36-38(42)48-39(43)37(41)47-36)20-6-9-28-13-17-31(18-14-28)58-26-33(53)45-23-35(55)50(3)4/h11-18,29H,5-10,19-26H2,1-4H3,(H6-,42,43,44,45,46,48,52,53,56)/p+1. The smallest absolute Gasteiger partial charge is 0.274 e. The van der Waals surface area contributed by atoms with Crippen LogP contribution in [0.25, 0.3) is 0 Å². The van der Waals surface area contributed by atoms with Gasteiger partial charge in [-0.15, -0.1) is 0 Å². The predicted molar refractivity (Wildman–Crippen MR) is 220 cm³/mol. The number of likely N-dealkylation sites (tertiary alicyclic amines) is 1. The van der Waals surface area contributed by atoms with Crippen molar-refractivity contribution in [2.24, 2.45) is 0 Å². The SMILES string of the molecule is CN(C)C(=O)CNC(=O)COc1ccc(CCC[N+]2(CCCc3ccc(OCC(=O)NCC(=O)N(C)C)cc3)CCCC(NC(=O)c3nc(Cl)c(N)nc3N)C2)cc1. The summed E-state index contributed by atoms with van der Waals surface area (Å²) in [7, 11) is 6.49. The molecule has 2 heterocycles. The third kappa shape index (κ3) is 14.4. The average molecular weight is 824 g/mol. The van der Waals surface area contributed by atoms with Gasteiger partial charge in [0, 0.05) is 41.0 Å². The van der Waals surface area contributed by atoms with Crippen molar-refractivity contribution in [3.8, 4) is 11.5 Å². The largest absolute Gasteiger partial charge is 0.484 e. The Morgan fingerprint density at radius 1 is 0.759 bits per heavy atom. The lowest BCUT2D eigenvalue weighted by molar-refractivity contribution is -0.933. The summed E-state index contributed by atoms with van der Waals surface area (Å²) in [5.74, 6) is -0.612. The fourth-order valence-corrected chi connectivity index (χ4v) is 6.75. The molecule has 1 fully saturated rings. The van der Waals surface area contributed by atoms with Gasteiger partial charge in [0.25, 0.3) is 17.7 Å². The van der Waals surface area contributed by atoms with Gasteiger partial charge in [-0.25, -0.2) is 9.97 Å². The van der Waals surface area contributed by atoms with Gasteiger partial charge in [-0.1, -0.05) is 35.9 Å². The molecular formula is C40H56ClN10O7+. The first-order valence-corrected chi connectivity index (χ1v) is 19.6. The average Bonchev–Trinajstić information content (AvgIpc) is 3.19. The molecule has 0 aliphatic carbocycles. The third-order valence-electron chi connectivity index (χ3n) is 9.90. The number of benzene rings is 2. The van der Waals surface area contributed by atoms with Crippen molar-refractivity contribution in [2.45, 2.75) is 44.6 Å². The molecule has 1 aromatic heterocycles. The number of quaternary nitrogens is 1. The molecule has 0 bridgehead atoms. The van der Waals surface area contributed by atoms with Crippen molar-refractivity contribution in [1.29, 1.82) is 0 Å². The van der Waals surface area contributed by atoms with Gasteiger partial charge in [-0.2, -0.15) is 0 Å². The van der Waals surface area contributed by atoms with E-state index in [9.17, 15) is 24.0 Å². The van der Waals surface area contributed by atoms with Crippen LogP contribution < -0.4 is 36.9 Å². The minimum absolute atomic E-state index is 0.0389. The second kappa shape index (κ2) is 21.7. The molecule has 314 valence electrons. The first-order valence-electron chi connectivity index (χ1n) is 19.2. The van der Waals surface area contributed by atoms with E-state index in [4.69, 9.17) is 32.5 Å². The molecule has 5 amide bonds. The first-order chi connectivity index (χ1) is 27.6. The van der Waals surface area contributed by atoms with Crippen molar-refractivity contribution < 1.29 is 37.9 Å². The number of piperidine rings is 1. The molecule has 18 heteroatoms. The molecular weight excluding hydrogens is 768 g/mol. The molecule has 0 radical (unpaired) electrons. The minimum Gasteiger partial charge on any atom is -0.484 e. The summed E-state index contributed by atoms with van der Waals surface area (Å²) in [4.78, 5) is 71.8. The summed E-state index contributed by atoms with van der Waals surface area (Å²) in [6.07, 6.45) is 5.17. The van der Waals surface area contributed by atoms with Crippen molar-refractivity contribution >= 4 is 52.8 Å². The molecule has 3 aromatic rings. The number of carbonyl (C=O) groups excluding carboxylic acids is 5. The zero-order valence-corrected chi connectivity index (χ0v) is 34.5. The lowest BCUT2D eigenvalue weighted by Crippen LogP contribution is -2.60. The summed E-state index contributed by atoms with van der Waals surface area (Å²) in [5, 5.41) is 8.15. The Labute approximate surface area is 344 Å². The van der Waals surface area contributed by atoms with Crippen molar-refractivity contribution in [3.63, 3.8) is 0 Å². The van der Waals surface area contributed by atoms with Crippen molar-refractivity contribution in [2.75, 3.05) is 92.1 Å². The number of rotatable bonds is 20. The normalized spacial score (nSPS) is 14.5. The van der Waals surface area contributed by atoms with E-state index in [1.54, 1.807) is 28.2 Å². The highest BCUT2D eigenvalue weighted by atomic mass is 35.5. The van der Waals surface area contributed by atoms with Gasteiger partial charge >= 0.3 is 0 Å². The van der Waals surface area contributed by atoms with Crippen LogP contribution in [-0.4, -0.2) is 141 Å². The molecule has 1 aliphatic rings. The molecule has 7 N–H and O–H groups in total. The molecule has 2 aromatic carbocycles. The fourth-order valence-electron chi connectivity index (χ4n) is 6.63. The van der Waals surface area contributed by atoms with Gasteiger partial charge in [0.15, 0.2) is 35.7 Å². The van der Waals surface area contributed by atoms with Crippen molar-refractivity contribution in [3.05, 3.63) is 70.5 Å². The maximum absolute atomic E-state index is 13.3. The minimum atomic E-state index is -0.444. The number of nitrogens with one attached hydrogen (secondary N) is 3. The second-order valence-corrected chi connectivity index (χ2v) is 15.2. The Balaban J connectivity index is 1.34. The summed E-state index contributed by atoms with van der Waals surface area (Å²) in [6.45, 7) is 2.91. The maximum atomic E-state index is 13.3. The van der Waals surface area contributed by atoms with E-state index in [1.807, 2.05) is 48.5 Å². The monoisotopic (exact) mass is 823 g/mol. The second-order valence-electron chi connectivity index (χ2n) is 14.8. The number of halogens is 1. The van der Waals surface area contributed by atoms with Crippen LogP contribution in [0.2, 0.25) is 5.15 Å². The fraction of sp³-hybridized carbons (Fsp3) is 0.475. The van der Waals surface area contributed by atoms with Crippen LogP contribution in [0.15, 0.2) is 48.5 Å². The van der Waals surface area contributed by atoms with E-state index in [1.165, 1.54) is 9.80 Å². The van der Waals surface area contributed by atoms with Crippen LogP contribution in [-0.2, 0) is 32.0 Å². The Morgan fingerprint density at radius 2 is 1.24 bits per heavy atom. The van der Waals surface area contributed by atoms with Gasteiger partial charge in [-0.05, 0) is 61.1 Å². The van der Waals surface area contributed by atoms with E-state index in [0.717, 1.165) is 80.3 Å². The molecule has 1 saturated heterocycles. The molecule has 1 unspecified atom stereocenters. The maximum Gasteiger partial charge on any atom is 0.274 e. The number of likely N-dealkylation sites (N-methyl/N-ethyl adjacent to an activating group) is 2. The summed E-state index contributed by atoms with van der Waals surface area (Å²) in [6, 6.07) is 15.2. The molecule has 58 heavy (non-hydrogen) atoms. The van der Waals surface area contributed by atoms with E-state index in [-0.39, 0.29) is 78.5 Å².